The molecule has 0 saturated carbocycles. The first-order chi connectivity index (χ1) is 15.3. The van der Waals surface area contributed by atoms with Crippen molar-refractivity contribution >= 4 is 11.5 Å². The van der Waals surface area contributed by atoms with Gasteiger partial charge in [0.15, 0.2) is 11.6 Å². The summed E-state index contributed by atoms with van der Waals surface area (Å²) >= 11 is 0. The highest BCUT2D eigenvalue weighted by Gasteiger charge is 2.28. The van der Waals surface area contributed by atoms with Crippen LogP contribution in [0.3, 0.4) is 0 Å². The third-order valence-corrected chi connectivity index (χ3v) is 5.77. The Morgan fingerprint density at radius 2 is 1.35 bits per heavy atom. The second kappa shape index (κ2) is 8.57. The maximum atomic E-state index is 6.44. The summed E-state index contributed by atoms with van der Waals surface area (Å²) in [5.74, 6) is 1.39. The van der Waals surface area contributed by atoms with Crippen molar-refractivity contribution in [3.63, 3.8) is 0 Å². The molecule has 0 radical (unpaired) electrons. The quantitative estimate of drug-likeness (QED) is 0.544. The van der Waals surface area contributed by atoms with Crippen molar-refractivity contribution in [2.75, 3.05) is 36.8 Å². The summed E-state index contributed by atoms with van der Waals surface area (Å²) in [7, 11) is 0. The van der Waals surface area contributed by atoms with E-state index in [-0.39, 0.29) is 6.04 Å². The summed E-state index contributed by atoms with van der Waals surface area (Å²) in [5, 5.41) is 4.26. The number of benzene rings is 2. The number of aromatic nitrogens is 4. The van der Waals surface area contributed by atoms with Crippen LogP contribution in [-0.4, -0.2) is 50.8 Å². The molecule has 0 aliphatic carbocycles. The number of rotatable bonds is 5. The van der Waals surface area contributed by atoms with E-state index in [4.69, 9.17) is 5.73 Å². The molecule has 156 valence electrons. The Morgan fingerprint density at radius 3 is 1.94 bits per heavy atom. The van der Waals surface area contributed by atoms with E-state index in [1.807, 2.05) is 12.3 Å². The zero-order chi connectivity index (χ0) is 21.0. The molecule has 2 aromatic carbocycles. The average molecular weight is 412 g/mol. The van der Waals surface area contributed by atoms with Gasteiger partial charge in [-0.05, 0) is 17.2 Å². The zero-order valence-corrected chi connectivity index (χ0v) is 17.2. The second-order valence-electron chi connectivity index (χ2n) is 7.63. The summed E-state index contributed by atoms with van der Waals surface area (Å²) < 4.78 is 1.68. The Bertz CT molecular complexity index is 1070. The van der Waals surface area contributed by atoms with Gasteiger partial charge in [0, 0.05) is 38.6 Å². The van der Waals surface area contributed by atoms with Gasteiger partial charge in [-0.15, -0.1) is 0 Å². The predicted octanol–water partition coefficient (Wildman–Crippen LogP) is 3.16. The van der Waals surface area contributed by atoms with Crippen LogP contribution in [0.2, 0.25) is 0 Å². The first kappa shape index (κ1) is 19.3. The summed E-state index contributed by atoms with van der Waals surface area (Å²) in [5.41, 5.74) is 9.62. The molecular weight excluding hydrogens is 386 g/mol. The maximum Gasteiger partial charge on any atom is 0.181 e. The first-order valence-corrected chi connectivity index (χ1v) is 10.5. The fourth-order valence-electron chi connectivity index (χ4n) is 4.28. The van der Waals surface area contributed by atoms with E-state index in [9.17, 15) is 0 Å². The van der Waals surface area contributed by atoms with E-state index in [2.05, 4.69) is 85.5 Å². The van der Waals surface area contributed by atoms with Crippen molar-refractivity contribution in [2.45, 2.75) is 6.04 Å². The summed E-state index contributed by atoms with van der Waals surface area (Å²) in [6.07, 6.45) is 5.11. The van der Waals surface area contributed by atoms with Gasteiger partial charge in [-0.25, -0.2) is 14.6 Å². The number of nitrogen functional groups attached to an aromatic ring is 1. The van der Waals surface area contributed by atoms with Gasteiger partial charge in [0.1, 0.15) is 12.0 Å². The Morgan fingerprint density at radius 1 is 0.742 bits per heavy atom. The maximum absolute atomic E-state index is 6.44. The van der Waals surface area contributed by atoms with Gasteiger partial charge >= 0.3 is 0 Å². The summed E-state index contributed by atoms with van der Waals surface area (Å²) in [6.45, 7) is 3.51. The van der Waals surface area contributed by atoms with E-state index in [0.717, 1.165) is 32.0 Å². The van der Waals surface area contributed by atoms with Crippen molar-refractivity contribution in [1.29, 1.82) is 0 Å². The Kier molecular flexibility index (Phi) is 5.33. The molecule has 5 rings (SSSR count). The van der Waals surface area contributed by atoms with Gasteiger partial charge in [0.2, 0.25) is 0 Å². The Hall–Kier alpha value is -3.71. The average Bonchev–Trinajstić information content (AvgIpc) is 3.36. The Balaban J connectivity index is 1.38. The lowest BCUT2D eigenvalue weighted by Crippen LogP contribution is -2.48. The minimum absolute atomic E-state index is 0.229. The van der Waals surface area contributed by atoms with Crippen LogP contribution >= 0.6 is 0 Å². The highest BCUT2D eigenvalue weighted by molar-refractivity contribution is 5.70. The van der Waals surface area contributed by atoms with Gasteiger partial charge in [-0.3, -0.25) is 4.90 Å². The van der Waals surface area contributed by atoms with Crippen molar-refractivity contribution in [2.24, 2.45) is 0 Å². The first-order valence-electron chi connectivity index (χ1n) is 10.5. The highest BCUT2D eigenvalue weighted by Crippen LogP contribution is 2.31. The number of piperazine rings is 1. The lowest BCUT2D eigenvalue weighted by atomic mass is 9.96. The van der Waals surface area contributed by atoms with E-state index in [1.165, 1.54) is 11.1 Å². The molecule has 1 saturated heterocycles. The lowest BCUT2D eigenvalue weighted by molar-refractivity contribution is 0.212. The molecule has 4 aromatic rings. The Labute approximate surface area is 181 Å². The van der Waals surface area contributed by atoms with Crippen LogP contribution in [-0.2, 0) is 0 Å². The second-order valence-corrected chi connectivity index (χ2v) is 7.63. The monoisotopic (exact) mass is 411 g/mol. The SMILES string of the molecule is Nc1c(N2CCN(C(c3ccccc3)c3ccccc3)CC2)ncnc1-n1cccn1. The lowest BCUT2D eigenvalue weighted by Gasteiger charge is -2.40. The smallest absolute Gasteiger partial charge is 0.181 e. The molecule has 0 unspecified atom stereocenters. The van der Waals surface area contributed by atoms with Crippen molar-refractivity contribution in [1.82, 2.24) is 24.6 Å². The van der Waals surface area contributed by atoms with Gasteiger partial charge in [0.25, 0.3) is 0 Å². The topological polar surface area (TPSA) is 76.1 Å². The number of hydrogen-bond acceptors (Lipinski definition) is 6. The van der Waals surface area contributed by atoms with Gasteiger partial charge in [-0.1, -0.05) is 60.7 Å². The van der Waals surface area contributed by atoms with E-state index in [1.54, 1.807) is 17.2 Å². The normalized spacial score (nSPS) is 14.8. The molecule has 0 amide bonds. The van der Waals surface area contributed by atoms with Gasteiger partial charge in [0.05, 0.1) is 6.04 Å². The number of nitrogens with two attached hydrogens (primary N) is 1. The van der Waals surface area contributed by atoms with Crippen LogP contribution < -0.4 is 10.6 Å². The molecule has 0 spiro atoms. The largest absolute Gasteiger partial charge is 0.393 e. The molecule has 1 aliphatic heterocycles. The standard InChI is InChI=1S/C24H25N7/c25-21-23(26-18-27-24(21)31-13-7-12-28-31)30-16-14-29(15-17-30)22(19-8-3-1-4-9-19)20-10-5-2-6-11-20/h1-13,18,22H,14-17,25H2. The van der Waals surface area contributed by atoms with Gasteiger partial charge < -0.3 is 10.6 Å². The molecule has 2 N–H and O–H groups in total. The molecule has 0 atom stereocenters. The molecule has 31 heavy (non-hydrogen) atoms. The highest BCUT2D eigenvalue weighted by atomic mass is 15.3. The minimum atomic E-state index is 0.229. The predicted molar refractivity (Wildman–Crippen MR) is 122 cm³/mol. The number of hydrogen-bond donors (Lipinski definition) is 1. The fourth-order valence-corrected chi connectivity index (χ4v) is 4.28. The number of anilines is 2. The van der Waals surface area contributed by atoms with Gasteiger partial charge in [-0.2, -0.15) is 5.10 Å². The van der Waals surface area contributed by atoms with E-state index < -0.39 is 0 Å². The van der Waals surface area contributed by atoms with Crippen LogP contribution in [0.5, 0.6) is 0 Å². The molecule has 7 heteroatoms. The third kappa shape index (κ3) is 3.87. The third-order valence-electron chi connectivity index (χ3n) is 5.77. The van der Waals surface area contributed by atoms with Crippen LogP contribution in [0, 0.1) is 0 Å². The van der Waals surface area contributed by atoms with Crippen molar-refractivity contribution in [3.05, 3.63) is 96.6 Å². The molecule has 1 aliphatic rings. The van der Waals surface area contributed by atoms with Crippen LogP contribution in [0.15, 0.2) is 85.5 Å². The number of nitrogens with zero attached hydrogens (tertiary/aromatic N) is 6. The molecule has 0 bridgehead atoms. The van der Waals surface area contributed by atoms with Crippen LogP contribution in [0.1, 0.15) is 17.2 Å². The van der Waals surface area contributed by atoms with Crippen molar-refractivity contribution < 1.29 is 0 Å². The molecule has 7 nitrogen and oxygen atoms in total. The molecule has 1 fully saturated rings. The fraction of sp³-hybridized carbons (Fsp3) is 0.208. The van der Waals surface area contributed by atoms with E-state index in [0.29, 0.717) is 11.5 Å². The minimum Gasteiger partial charge on any atom is -0.393 e. The molecule has 2 aromatic heterocycles. The van der Waals surface area contributed by atoms with E-state index >= 15 is 0 Å². The summed E-state index contributed by atoms with van der Waals surface area (Å²) in [4.78, 5) is 13.6. The summed E-state index contributed by atoms with van der Waals surface area (Å²) in [6, 6.07) is 23.5. The zero-order valence-electron chi connectivity index (χ0n) is 17.2. The van der Waals surface area contributed by atoms with Crippen LogP contribution in [0.4, 0.5) is 11.5 Å². The van der Waals surface area contributed by atoms with Crippen molar-refractivity contribution in [3.8, 4) is 5.82 Å². The van der Waals surface area contributed by atoms with Crippen LogP contribution in [0.25, 0.3) is 5.82 Å². The molecular formula is C24H25N7. The molecule has 3 heterocycles.